The van der Waals surface area contributed by atoms with Crippen LogP contribution in [0.15, 0.2) is 72.8 Å². The van der Waals surface area contributed by atoms with Gasteiger partial charge in [0.05, 0.1) is 13.2 Å². The third-order valence-corrected chi connectivity index (χ3v) is 5.46. The topological polar surface area (TPSA) is 66.8 Å². The molecule has 0 heterocycles. The van der Waals surface area contributed by atoms with Crippen molar-refractivity contribution >= 4 is 12.1 Å². The minimum Gasteiger partial charge on any atom is -0.480 e. The number of hydrogen-bond acceptors (Lipinski definition) is 3. The van der Waals surface area contributed by atoms with Gasteiger partial charge in [-0.2, -0.15) is 0 Å². The molecule has 3 aromatic rings. The van der Waals surface area contributed by atoms with Crippen molar-refractivity contribution in [1.29, 1.82) is 0 Å². The zero-order chi connectivity index (χ0) is 21.3. The maximum Gasteiger partial charge on any atom is 0.411 e. The highest BCUT2D eigenvalue weighted by Gasteiger charge is 2.42. The first-order chi connectivity index (χ1) is 14.5. The molecule has 0 spiro atoms. The molecule has 30 heavy (non-hydrogen) atoms. The maximum absolute atomic E-state index is 14.3. The number of carboxylic acid groups (broad SMARTS) is 1. The van der Waals surface area contributed by atoms with Gasteiger partial charge in [-0.25, -0.2) is 14.0 Å². The molecule has 0 saturated heterocycles. The Morgan fingerprint density at radius 1 is 0.967 bits per heavy atom. The average molecular weight is 405 g/mol. The van der Waals surface area contributed by atoms with Gasteiger partial charge in [0.1, 0.15) is 11.9 Å². The van der Waals surface area contributed by atoms with Crippen LogP contribution in [0.5, 0.6) is 0 Å². The quantitative estimate of drug-likeness (QED) is 0.671. The van der Waals surface area contributed by atoms with E-state index in [9.17, 15) is 19.1 Å². The molecule has 0 bridgehead atoms. The second-order valence-corrected chi connectivity index (χ2v) is 7.10. The van der Waals surface area contributed by atoms with Crippen LogP contribution in [0.4, 0.5) is 9.18 Å². The van der Waals surface area contributed by atoms with Gasteiger partial charge in [0.15, 0.2) is 0 Å². The molecule has 1 aliphatic rings. The van der Waals surface area contributed by atoms with E-state index >= 15 is 0 Å². The van der Waals surface area contributed by atoms with Crippen molar-refractivity contribution in [3.8, 4) is 11.1 Å². The summed E-state index contributed by atoms with van der Waals surface area (Å²) in [5.74, 6) is -1.74. The number of rotatable bonds is 5. The lowest BCUT2D eigenvalue weighted by Gasteiger charge is -2.34. The number of benzene rings is 3. The molecular weight excluding hydrogens is 385 g/mol. The number of nitrogens with zero attached hydrogens (tertiary/aromatic N) is 1. The van der Waals surface area contributed by atoms with Crippen LogP contribution in [0.2, 0.25) is 0 Å². The molecular formula is C24H20FNO4. The molecule has 1 atom stereocenters. The lowest BCUT2D eigenvalue weighted by Crippen LogP contribution is -2.48. The van der Waals surface area contributed by atoms with E-state index in [1.807, 2.05) is 48.5 Å². The fourth-order valence-electron chi connectivity index (χ4n) is 4.12. The van der Waals surface area contributed by atoms with Crippen LogP contribution in [0.3, 0.4) is 0 Å². The molecule has 6 heteroatoms. The molecule has 0 aliphatic heterocycles. The molecule has 4 rings (SSSR count). The number of halogens is 1. The fraction of sp³-hybridized carbons (Fsp3) is 0.167. The third-order valence-electron chi connectivity index (χ3n) is 5.46. The van der Waals surface area contributed by atoms with Crippen molar-refractivity contribution in [2.45, 2.75) is 18.5 Å². The Kier molecular flexibility index (Phi) is 5.23. The van der Waals surface area contributed by atoms with E-state index in [2.05, 4.69) is 0 Å². The van der Waals surface area contributed by atoms with Crippen molar-refractivity contribution in [3.63, 3.8) is 0 Å². The Labute approximate surface area is 173 Å². The summed E-state index contributed by atoms with van der Waals surface area (Å²) in [5.41, 5.74) is 3.70. The summed E-state index contributed by atoms with van der Waals surface area (Å²) in [6.07, 6.45) is -0.965. The summed E-state index contributed by atoms with van der Waals surface area (Å²) in [5, 5.41) is 10.0. The van der Waals surface area contributed by atoms with Gasteiger partial charge in [0, 0.05) is 6.42 Å². The highest BCUT2D eigenvalue weighted by atomic mass is 19.1. The van der Waals surface area contributed by atoms with Crippen molar-refractivity contribution < 1.29 is 23.8 Å². The number of hydrogen-bond donors (Lipinski definition) is 1. The second kappa shape index (κ2) is 7.99. The number of amides is 1. The Hall–Kier alpha value is -3.67. The van der Waals surface area contributed by atoms with Gasteiger partial charge in [0.2, 0.25) is 0 Å². The molecule has 152 valence electrons. The predicted octanol–water partition coefficient (Wildman–Crippen LogP) is 4.66. The number of carbonyl (C=O) groups is 2. The van der Waals surface area contributed by atoms with Gasteiger partial charge in [0.25, 0.3) is 0 Å². The Bertz CT molecular complexity index is 1070. The molecule has 1 unspecified atom stereocenters. The summed E-state index contributed by atoms with van der Waals surface area (Å²) in [6.45, 7) is 0. The van der Waals surface area contributed by atoms with Crippen molar-refractivity contribution in [1.82, 2.24) is 4.90 Å². The van der Waals surface area contributed by atoms with Gasteiger partial charge in [-0.05, 0) is 33.9 Å². The van der Waals surface area contributed by atoms with Gasteiger partial charge >= 0.3 is 12.1 Å². The lowest BCUT2D eigenvalue weighted by molar-refractivity contribution is -0.143. The summed E-state index contributed by atoms with van der Waals surface area (Å²) in [7, 11) is 1.21. The molecule has 0 aromatic heterocycles. The predicted molar refractivity (Wildman–Crippen MR) is 109 cm³/mol. The second-order valence-electron chi connectivity index (χ2n) is 7.10. The third kappa shape index (κ3) is 3.30. The first-order valence-electron chi connectivity index (χ1n) is 9.53. The summed E-state index contributed by atoms with van der Waals surface area (Å²) < 4.78 is 19.3. The molecule has 0 radical (unpaired) electrons. The van der Waals surface area contributed by atoms with E-state index in [0.717, 1.165) is 22.3 Å². The number of carboxylic acids is 1. The highest BCUT2D eigenvalue weighted by Crippen LogP contribution is 2.47. The largest absolute Gasteiger partial charge is 0.480 e. The number of methoxy groups -OCH3 is 1. The first kappa shape index (κ1) is 19.6. The van der Waals surface area contributed by atoms with E-state index in [4.69, 9.17) is 4.74 Å². The minimum atomic E-state index is -1.32. The molecule has 3 aromatic carbocycles. The van der Waals surface area contributed by atoms with Crippen LogP contribution in [0, 0.1) is 5.82 Å². The van der Waals surface area contributed by atoms with Crippen molar-refractivity contribution in [2.24, 2.45) is 0 Å². The van der Waals surface area contributed by atoms with Crippen LogP contribution in [-0.2, 0) is 16.0 Å². The van der Waals surface area contributed by atoms with E-state index in [1.54, 1.807) is 6.07 Å². The zero-order valence-electron chi connectivity index (χ0n) is 16.3. The van der Waals surface area contributed by atoms with Crippen LogP contribution in [0.1, 0.15) is 22.7 Å². The minimum absolute atomic E-state index is 0.183. The summed E-state index contributed by atoms with van der Waals surface area (Å²) in [4.78, 5) is 26.4. The normalized spacial score (nSPS) is 13.3. The SMILES string of the molecule is COC(=O)N(C(Cc1ccccc1F)C(=O)O)C1c2ccccc2-c2ccccc21. The zero-order valence-corrected chi connectivity index (χ0v) is 16.3. The Morgan fingerprint density at radius 3 is 2.03 bits per heavy atom. The highest BCUT2D eigenvalue weighted by molar-refractivity contribution is 5.85. The van der Waals surface area contributed by atoms with Crippen molar-refractivity contribution in [2.75, 3.05) is 7.11 Å². The number of carbonyl (C=O) groups excluding carboxylic acids is 1. The van der Waals surface area contributed by atoms with Crippen molar-refractivity contribution in [3.05, 3.63) is 95.3 Å². The standard InChI is InChI=1S/C24H20FNO4/c1-30-24(29)26(21(23(27)28)14-15-8-2-7-13-20(15)25)22-18-11-5-3-9-16(18)17-10-4-6-12-19(17)22/h2-13,21-22H,14H2,1H3,(H,27,28). The maximum atomic E-state index is 14.3. The Balaban J connectivity index is 1.86. The van der Waals surface area contributed by atoms with E-state index in [1.165, 1.54) is 30.2 Å². The van der Waals surface area contributed by atoms with Gasteiger partial charge < -0.3 is 9.84 Å². The smallest absolute Gasteiger partial charge is 0.411 e. The Morgan fingerprint density at radius 2 is 1.50 bits per heavy atom. The van der Waals surface area contributed by atoms with Gasteiger partial charge in [-0.15, -0.1) is 0 Å². The van der Waals surface area contributed by atoms with E-state index < -0.39 is 30.0 Å². The number of ether oxygens (including phenoxy) is 1. The van der Waals surface area contributed by atoms with Gasteiger partial charge in [-0.1, -0.05) is 66.7 Å². The molecule has 1 N–H and O–H groups in total. The number of aliphatic carboxylic acids is 1. The van der Waals surface area contributed by atoms with Crippen LogP contribution in [0.25, 0.3) is 11.1 Å². The first-order valence-corrected chi connectivity index (χ1v) is 9.53. The molecule has 5 nitrogen and oxygen atoms in total. The van der Waals surface area contributed by atoms with Crippen LogP contribution in [-0.4, -0.2) is 35.2 Å². The van der Waals surface area contributed by atoms with Crippen LogP contribution < -0.4 is 0 Å². The molecule has 1 aliphatic carbocycles. The van der Waals surface area contributed by atoms with E-state index in [-0.39, 0.29) is 12.0 Å². The molecule has 0 fully saturated rings. The van der Waals surface area contributed by atoms with Crippen LogP contribution >= 0.6 is 0 Å². The lowest BCUT2D eigenvalue weighted by atomic mass is 9.98. The monoisotopic (exact) mass is 405 g/mol. The molecule has 1 amide bonds. The van der Waals surface area contributed by atoms with Gasteiger partial charge in [-0.3, -0.25) is 4.90 Å². The fourth-order valence-corrected chi connectivity index (χ4v) is 4.12. The molecule has 0 saturated carbocycles. The summed E-state index contributed by atoms with van der Waals surface area (Å²) >= 11 is 0. The summed E-state index contributed by atoms with van der Waals surface area (Å²) in [6, 6.07) is 19.1. The number of fused-ring (bicyclic) bond motifs is 3. The van der Waals surface area contributed by atoms with E-state index in [0.29, 0.717) is 0 Å². The average Bonchev–Trinajstić information content (AvgIpc) is 3.09.